The molecule has 3 N–H and O–H groups in total. The van der Waals surface area contributed by atoms with Crippen LogP contribution in [0.3, 0.4) is 0 Å². The summed E-state index contributed by atoms with van der Waals surface area (Å²) in [5.41, 5.74) is 1.50. The summed E-state index contributed by atoms with van der Waals surface area (Å²) in [6.45, 7) is 0.151. The highest BCUT2D eigenvalue weighted by atomic mass is 16.5. The summed E-state index contributed by atoms with van der Waals surface area (Å²) in [7, 11) is 1.53. The first kappa shape index (κ1) is 19.2. The van der Waals surface area contributed by atoms with Crippen molar-refractivity contribution in [2.24, 2.45) is 0 Å². The maximum atomic E-state index is 12.6. The number of amides is 3. The second-order valence-corrected chi connectivity index (χ2v) is 6.38. The van der Waals surface area contributed by atoms with E-state index in [9.17, 15) is 19.5 Å². The van der Waals surface area contributed by atoms with Crippen molar-refractivity contribution in [1.29, 1.82) is 0 Å². The van der Waals surface area contributed by atoms with E-state index < -0.39 is 23.8 Å². The predicted octanol–water partition coefficient (Wildman–Crippen LogP) is 0.591. The van der Waals surface area contributed by atoms with Crippen LogP contribution in [0.1, 0.15) is 5.56 Å². The van der Waals surface area contributed by atoms with Gasteiger partial charge in [0, 0.05) is 19.7 Å². The maximum absolute atomic E-state index is 12.6. The van der Waals surface area contributed by atoms with Crippen LogP contribution in [-0.2, 0) is 20.8 Å². The number of nitrogens with zero attached hydrogens (tertiary/aromatic N) is 1. The van der Waals surface area contributed by atoms with E-state index >= 15 is 0 Å². The average molecular weight is 383 g/mol. The van der Waals surface area contributed by atoms with Gasteiger partial charge in [-0.1, -0.05) is 30.3 Å². The van der Waals surface area contributed by atoms with Gasteiger partial charge >= 0.3 is 11.8 Å². The molecule has 146 valence electrons. The number of phenols is 1. The van der Waals surface area contributed by atoms with Gasteiger partial charge in [0.25, 0.3) is 5.91 Å². The van der Waals surface area contributed by atoms with E-state index in [1.165, 1.54) is 24.1 Å². The van der Waals surface area contributed by atoms with Gasteiger partial charge in [-0.3, -0.25) is 14.4 Å². The van der Waals surface area contributed by atoms with E-state index in [2.05, 4.69) is 10.6 Å². The van der Waals surface area contributed by atoms with Crippen LogP contribution in [0.25, 0.3) is 0 Å². The third-order valence-electron chi connectivity index (χ3n) is 4.39. The molecule has 2 aromatic rings. The predicted molar refractivity (Wildman–Crippen MR) is 102 cm³/mol. The van der Waals surface area contributed by atoms with E-state index in [-0.39, 0.29) is 12.4 Å². The Morgan fingerprint density at radius 3 is 2.68 bits per heavy atom. The number of benzene rings is 2. The Balaban J connectivity index is 1.56. The van der Waals surface area contributed by atoms with E-state index in [4.69, 9.17) is 4.74 Å². The highest BCUT2D eigenvalue weighted by Crippen LogP contribution is 2.33. The van der Waals surface area contributed by atoms with Crippen molar-refractivity contribution in [1.82, 2.24) is 10.6 Å². The first-order valence-corrected chi connectivity index (χ1v) is 8.81. The Labute approximate surface area is 162 Å². The lowest BCUT2D eigenvalue weighted by molar-refractivity contribution is -0.140. The SMILES string of the molecule is CN1C(=O)[C@@H](NC(=O)C(=O)NCCc2ccccc2)COc2cc(O)ccc21. The van der Waals surface area contributed by atoms with Crippen LogP contribution in [0.4, 0.5) is 5.69 Å². The Morgan fingerprint density at radius 2 is 1.93 bits per heavy atom. The summed E-state index contributed by atoms with van der Waals surface area (Å²) in [6, 6.07) is 12.9. The number of rotatable bonds is 4. The molecule has 1 aliphatic heterocycles. The molecule has 1 aliphatic rings. The standard InChI is InChI=1S/C20H21N3O5/c1-23-16-8-7-14(24)11-17(16)28-12-15(20(23)27)22-19(26)18(25)21-10-9-13-5-3-2-4-6-13/h2-8,11,15,24H,9-10,12H2,1H3,(H,21,25)(H,22,26)/t15-/m0/s1. The largest absolute Gasteiger partial charge is 0.508 e. The fourth-order valence-corrected chi connectivity index (χ4v) is 2.86. The fraction of sp³-hybridized carbons (Fsp3) is 0.250. The lowest BCUT2D eigenvalue weighted by atomic mass is 10.1. The van der Waals surface area contributed by atoms with Gasteiger partial charge in [-0.05, 0) is 24.1 Å². The molecule has 8 heteroatoms. The molecule has 0 aromatic heterocycles. The van der Waals surface area contributed by atoms with Gasteiger partial charge in [0.2, 0.25) is 0 Å². The van der Waals surface area contributed by atoms with Crippen molar-refractivity contribution in [2.45, 2.75) is 12.5 Å². The number of hydrogen-bond donors (Lipinski definition) is 3. The number of likely N-dealkylation sites (N-methyl/N-ethyl adjacent to an activating group) is 1. The van der Waals surface area contributed by atoms with Crippen molar-refractivity contribution in [2.75, 3.05) is 25.1 Å². The summed E-state index contributed by atoms with van der Waals surface area (Å²) in [5.74, 6) is -1.82. The lowest BCUT2D eigenvalue weighted by Crippen LogP contribution is -2.53. The van der Waals surface area contributed by atoms with Gasteiger partial charge in [-0.2, -0.15) is 0 Å². The van der Waals surface area contributed by atoms with Gasteiger partial charge in [-0.15, -0.1) is 0 Å². The monoisotopic (exact) mass is 383 g/mol. The van der Waals surface area contributed by atoms with Crippen LogP contribution in [-0.4, -0.2) is 49.1 Å². The van der Waals surface area contributed by atoms with E-state index in [0.717, 1.165) is 5.56 Å². The van der Waals surface area contributed by atoms with Crippen molar-refractivity contribution in [3.05, 3.63) is 54.1 Å². The third kappa shape index (κ3) is 4.40. The molecule has 3 rings (SSSR count). The Morgan fingerprint density at radius 1 is 1.18 bits per heavy atom. The number of carbonyl (C=O) groups excluding carboxylic acids is 3. The molecule has 0 bridgehead atoms. The van der Waals surface area contributed by atoms with Gasteiger partial charge in [0.15, 0.2) is 0 Å². The molecule has 0 saturated heterocycles. The molecule has 28 heavy (non-hydrogen) atoms. The Bertz CT molecular complexity index is 885. The zero-order valence-electron chi connectivity index (χ0n) is 15.3. The van der Waals surface area contributed by atoms with Crippen LogP contribution in [0.5, 0.6) is 11.5 Å². The van der Waals surface area contributed by atoms with E-state index in [1.54, 1.807) is 6.07 Å². The number of hydrogen-bond acceptors (Lipinski definition) is 5. The summed E-state index contributed by atoms with van der Waals surface area (Å²) < 4.78 is 5.53. The summed E-state index contributed by atoms with van der Waals surface area (Å²) in [6.07, 6.45) is 0.590. The molecule has 1 heterocycles. The molecule has 0 spiro atoms. The highest BCUT2D eigenvalue weighted by Gasteiger charge is 2.32. The van der Waals surface area contributed by atoms with E-state index in [1.807, 2.05) is 30.3 Å². The first-order valence-electron chi connectivity index (χ1n) is 8.81. The van der Waals surface area contributed by atoms with Crippen LogP contribution in [0.2, 0.25) is 0 Å². The number of aromatic hydroxyl groups is 1. The van der Waals surface area contributed by atoms with Crippen LogP contribution in [0, 0.1) is 0 Å². The van der Waals surface area contributed by atoms with Gasteiger partial charge < -0.3 is 25.4 Å². The van der Waals surface area contributed by atoms with Crippen molar-refractivity contribution < 1.29 is 24.2 Å². The number of phenolic OH excluding ortho intramolecular Hbond substituents is 1. The lowest BCUT2D eigenvalue weighted by Gasteiger charge is -2.20. The molecule has 0 aliphatic carbocycles. The average Bonchev–Trinajstić information content (AvgIpc) is 2.80. The normalized spacial score (nSPS) is 15.8. The maximum Gasteiger partial charge on any atom is 0.310 e. The second kappa shape index (κ2) is 8.43. The quantitative estimate of drug-likeness (QED) is 0.670. The topological polar surface area (TPSA) is 108 Å². The van der Waals surface area contributed by atoms with Gasteiger partial charge in [0.1, 0.15) is 24.1 Å². The summed E-state index contributed by atoms with van der Waals surface area (Å²) >= 11 is 0. The Kier molecular flexibility index (Phi) is 5.78. The first-order chi connectivity index (χ1) is 13.5. The zero-order chi connectivity index (χ0) is 20.1. The molecule has 0 unspecified atom stereocenters. The molecular formula is C20H21N3O5. The minimum Gasteiger partial charge on any atom is -0.508 e. The van der Waals surface area contributed by atoms with Crippen LogP contribution in [0.15, 0.2) is 48.5 Å². The summed E-state index contributed by atoms with van der Waals surface area (Å²) in [4.78, 5) is 38.1. The number of fused-ring (bicyclic) bond motifs is 1. The molecule has 0 radical (unpaired) electrons. The molecule has 8 nitrogen and oxygen atoms in total. The molecule has 1 atom stereocenters. The van der Waals surface area contributed by atoms with Crippen molar-refractivity contribution in [3.8, 4) is 11.5 Å². The highest BCUT2D eigenvalue weighted by molar-refractivity contribution is 6.35. The van der Waals surface area contributed by atoms with Gasteiger partial charge in [-0.25, -0.2) is 0 Å². The number of carbonyl (C=O) groups is 3. The second-order valence-electron chi connectivity index (χ2n) is 6.38. The Hall–Kier alpha value is -3.55. The zero-order valence-corrected chi connectivity index (χ0v) is 15.3. The van der Waals surface area contributed by atoms with E-state index in [0.29, 0.717) is 24.4 Å². The number of nitrogens with one attached hydrogen (secondary N) is 2. The summed E-state index contributed by atoms with van der Waals surface area (Å²) in [5, 5.41) is 14.5. The molecule has 0 fully saturated rings. The number of anilines is 1. The molecule has 3 amide bonds. The third-order valence-corrected chi connectivity index (χ3v) is 4.39. The molecular weight excluding hydrogens is 362 g/mol. The number of ether oxygens (including phenoxy) is 1. The van der Waals surface area contributed by atoms with Crippen LogP contribution >= 0.6 is 0 Å². The van der Waals surface area contributed by atoms with Crippen LogP contribution < -0.4 is 20.3 Å². The van der Waals surface area contributed by atoms with Crippen molar-refractivity contribution in [3.63, 3.8) is 0 Å². The van der Waals surface area contributed by atoms with Crippen molar-refractivity contribution >= 4 is 23.4 Å². The molecule has 2 aromatic carbocycles. The minimum atomic E-state index is -1.02. The minimum absolute atomic E-state index is 0.000113. The fourth-order valence-electron chi connectivity index (χ4n) is 2.86. The molecule has 0 saturated carbocycles. The van der Waals surface area contributed by atoms with Gasteiger partial charge in [0.05, 0.1) is 5.69 Å². The smallest absolute Gasteiger partial charge is 0.310 e.